The van der Waals surface area contributed by atoms with Crippen molar-refractivity contribution in [3.8, 4) is 0 Å². The van der Waals surface area contributed by atoms with Crippen LogP contribution in [0.25, 0.3) is 0 Å². The molecule has 0 aromatic rings. The summed E-state index contributed by atoms with van der Waals surface area (Å²) in [4.78, 5) is 0. The summed E-state index contributed by atoms with van der Waals surface area (Å²) in [6.07, 6.45) is -16.9. The van der Waals surface area contributed by atoms with E-state index in [1.165, 1.54) is 0 Å². The lowest BCUT2D eigenvalue weighted by Gasteiger charge is -2.54. The minimum Gasteiger partial charge on any atom is -0.332 e. The zero-order valence-corrected chi connectivity index (χ0v) is 13.5. The normalized spacial score (nSPS) is 35.0. The van der Waals surface area contributed by atoms with Crippen LogP contribution >= 0.6 is 0 Å². The molecule has 0 amide bonds. The number of ether oxygens (including phenoxy) is 2. The molecule has 19 heteroatoms. The molecule has 1 N–H and O–H groups in total. The fourth-order valence-electron chi connectivity index (χ4n) is 1.96. The average Bonchev–Trinajstić information content (AvgIpc) is 2.50. The van der Waals surface area contributed by atoms with Gasteiger partial charge in [0.1, 0.15) is 0 Å². The summed E-state index contributed by atoms with van der Waals surface area (Å²) in [6.45, 7) is -0.729. The van der Waals surface area contributed by atoms with E-state index in [1.807, 2.05) is 0 Å². The molecule has 0 aromatic heterocycles. The first-order valence-electron chi connectivity index (χ1n) is 6.76. The SMILES string of the molecule is CC(F)(F)C(F)OC1(F)C(F)(F)C(F)(F)C(F)(F)C(F)(F)C1(F)OC(F)C(O)(F)F. The lowest BCUT2D eigenvalue weighted by Crippen LogP contribution is -2.86. The first kappa shape index (κ1) is 26.8. The molecule has 0 spiro atoms. The van der Waals surface area contributed by atoms with Gasteiger partial charge in [-0.25, -0.2) is 17.6 Å². The topological polar surface area (TPSA) is 38.7 Å². The number of hydrogen-bond donors (Lipinski definition) is 1. The third kappa shape index (κ3) is 3.18. The summed E-state index contributed by atoms with van der Waals surface area (Å²) in [5.41, 5.74) is 0. The average molecular weight is 490 g/mol. The maximum Gasteiger partial charge on any atom is 0.409 e. The lowest BCUT2D eigenvalue weighted by atomic mass is 9.77. The molecule has 180 valence electrons. The van der Waals surface area contributed by atoms with E-state index >= 15 is 0 Å². The largest absolute Gasteiger partial charge is 0.409 e. The Bertz CT molecular complexity index is 600. The van der Waals surface area contributed by atoms with Gasteiger partial charge < -0.3 is 5.11 Å². The van der Waals surface area contributed by atoms with Gasteiger partial charge in [-0.1, -0.05) is 0 Å². The van der Waals surface area contributed by atoms with Gasteiger partial charge in [-0.3, -0.25) is 9.47 Å². The highest BCUT2D eigenvalue weighted by Gasteiger charge is 3.02. The van der Waals surface area contributed by atoms with Crippen LogP contribution in [0.4, 0.5) is 70.2 Å². The second kappa shape index (κ2) is 6.63. The predicted octanol–water partition coefficient (Wildman–Crippen LogP) is 4.74. The summed E-state index contributed by atoms with van der Waals surface area (Å²) < 4.78 is 217. The van der Waals surface area contributed by atoms with E-state index in [0.717, 1.165) is 0 Å². The van der Waals surface area contributed by atoms with Gasteiger partial charge in [0.05, 0.1) is 0 Å². The fraction of sp³-hybridized carbons (Fsp3) is 1.00. The second-order valence-corrected chi connectivity index (χ2v) is 5.90. The van der Waals surface area contributed by atoms with Crippen molar-refractivity contribution in [3.05, 3.63) is 0 Å². The van der Waals surface area contributed by atoms with Gasteiger partial charge in [0, 0.05) is 6.92 Å². The van der Waals surface area contributed by atoms with Gasteiger partial charge in [0.25, 0.3) is 18.6 Å². The van der Waals surface area contributed by atoms with Crippen LogP contribution in [0, 0.1) is 0 Å². The quantitative estimate of drug-likeness (QED) is 0.548. The Morgan fingerprint density at radius 3 is 1.10 bits per heavy atom. The molecular formula is C11H6F16O3. The van der Waals surface area contributed by atoms with E-state index in [2.05, 4.69) is 9.47 Å². The van der Waals surface area contributed by atoms with E-state index in [1.54, 1.807) is 0 Å². The van der Waals surface area contributed by atoms with Crippen LogP contribution in [0.2, 0.25) is 0 Å². The Balaban J connectivity index is 3.92. The molecular weight excluding hydrogens is 484 g/mol. The summed E-state index contributed by atoms with van der Waals surface area (Å²) in [5, 5.41) is 7.82. The molecule has 0 bridgehead atoms. The first-order chi connectivity index (χ1) is 12.8. The molecule has 4 atom stereocenters. The fourth-order valence-corrected chi connectivity index (χ4v) is 1.96. The molecule has 0 aromatic carbocycles. The van der Waals surface area contributed by atoms with Crippen molar-refractivity contribution in [2.24, 2.45) is 0 Å². The standard InChI is InChI=1S/C11H6F16O3/c1-4(14,15)2(12)29-10(26)8(22,23)6(18,19)7(20,21)9(24,25)11(10,27)30-3(13)5(16,17)28/h2-3,28H,1H3. The van der Waals surface area contributed by atoms with E-state index in [0.29, 0.717) is 0 Å². The molecule has 1 rings (SSSR count). The van der Waals surface area contributed by atoms with Crippen molar-refractivity contribution in [1.82, 2.24) is 0 Å². The maximum absolute atomic E-state index is 14.4. The molecule has 0 radical (unpaired) electrons. The summed E-state index contributed by atoms with van der Waals surface area (Å²) in [6, 6.07) is 0. The highest BCUT2D eigenvalue weighted by atomic mass is 19.4. The van der Waals surface area contributed by atoms with E-state index in [9.17, 15) is 70.2 Å². The zero-order valence-electron chi connectivity index (χ0n) is 13.5. The lowest BCUT2D eigenvalue weighted by molar-refractivity contribution is -0.564. The van der Waals surface area contributed by atoms with Crippen molar-refractivity contribution < 1.29 is 84.8 Å². The maximum atomic E-state index is 14.4. The summed E-state index contributed by atoms with van der Waals surface area (Å²) in [5.74, 6) is -51.6. The molecule has 3 nitrogen and oxygen atoms in total. The minimum atomic E-state index is -7.84. The van der Waals surface area contributed by atoms with Crippen LogP contribution in [0.3, 0.4) is 0 Å². The molecule has 0 aliphatic heterocycles. The number of aliphatic hydroxyl groups is 1. The molecule has 1 saturated carbocycles. The highest BCUT2D eigenvalue weighted by Crippen LogP contribution is 2.70. The Labute approximate surface area is 153 Å². The van der Waals surface area contributed by atoms with E-state index < -0.39 is 67.1 Å². The van der Waals surface area contributed by atoms with Gasteiger partial charge in [0.15, 0.2) is 0 Å². The Morgan fingerprint density at radius 2 is 0.867 bits per heavy atom. The Kier molecular flexibility index (Phi) is 5.92. The molecule has 0 saturated heterocycles. The van der Waals surface area contributed by atoms with Crippen LogP contribution in [0.5, 0.6) is 0 Å². The smallest absolute Gasteiger partial charge is 0.332 e. The Morgan fingerprint density at radius 1 is 0.600 bits per heavy atom. The van der Waals surface area contributed by atoms with Gasteiger partial charge in [-0.15, -0.1) is 0 Å². The molecule has 1 fully saturated rings. The van der Waals surface area contributed by atoms with Crippen LogP contribution in [0.1, 0.15) is 6.92 Å². The molecule has 4 unspecified atom stereocenters. The molecule has 0 heterocycles. The van der Waals surface area contributed by atoms with Crippen molar-refractivity contribution in [1.29, 1.82) is 0 Å². The van der Waals surface area contributed by atoms with E-state index in [4.69, 9.17) is 5.11 Å². The van der Waals surface area contributed by atoms with Crippen LogP contribution in [0.15, 0.2) is 0 Å². The van der Waals surface area contributed by atoms with E-state index in [-0.39, 0.29) is 0 Å². The molecule has 30 heavy (non-hydrogen) atoms. The number of halogens is 16. The minimum absolute atomic E-state index is 0.729. The van der Waals surface area contributed by atoms with Gasteiger partial charge >= 0.3 is 41.5 Å². The van der Waals surface area contributed by atoms with Crippen molar-refractivity contribution >= 4 is 0 Å². The van der Waals surface area contributed by atoms with Crippen LogP contribution in [-0.2, 0) is 9.47 Å². The van der Waals surface area contributed by atoms with Crippen LogP contribution in [-0.4, -0.2) is 65.3 Å². The van der Waals surface area contributed by atoms with Crippen molar-refractivity contribution in [3.63, 3.8) is 0 Å². The summed E-state index contributed by atoms with van der Waals surface area (Å²) >= 11 is 0. The van der Waals surface area contributed by atoms with Gasteiger partial charge in [0.2, 0.25) is 0 Å². The third-order valence-electron chi connectivity index (χ3n) is 3.61. The second-order valence-electron chi connectivity index (χ2n) is 5.90. The highest BCUT2D eigenvalue weighted by molar-refractivity contribution is 5.24. The van der Waals surface area contributed by atoms with Crippen molar-refractivity contribution in [2.75, 3.05) is 0 Å². The summed E-state index contributed by atoms with van der Waals surface area (Å²) in [7, 11) is 0. The van der Waals surface area contributed by atoms with Crippen LogP contribution < -0.4 is 0 Å². The monoisotopic (exact) mass is 490 g/mol. The Hall–Kier alpha value is -1.24. The number of alkyl halides is 16. The first-order valence-corrected chi connectivity index (χ1v) is 6.76. The number of rotatable bonds is 6. The predicted molar refractivity (Wildman–Crippen MR) is 57.2 cm³/mol. The van der Waals surface area contributed by atoms with Gasteiger partial charge in [-0.05, 0) is 0 Å². The molecule has 1 aliphatic rings. The van der Waals surface area contributed by atoms with Gasteiger partial charge in [-0.2, -0.15) is 52.7 Å². The number of hydrogen-bond acceptors (Lipinski definition) is 3. The third-order valence-corrected chi connectivity index (χ3v) is 3.61. The van der Waals surface area contributed by atoms with Crippen molar-refractivity contribution in [2.45, 2.75) is 67.1 Å². The molecule has 1 aliphatic carbocycles. The zero-order chi connectivity index (χ0) is 24.6.